The minimum absolute atomic E-state index is 0.0218. The molecule has 0 bridgehead atoms. The van der Waals surface area contributed by atoms with Crippen LogP contribution in [-0.4, -0.2) is 0 Å². The molecule has 0 atom stereocenters. The monoisotopic (exact) mass is 714 g/mol. The zero-order chi connectivity index (χ0) is 37.2. The van der Waals surface area contributed by atoms with Crippen molar-refractivity contribution >= 4 is 34.1 Å². The fraction of sp³-hybridized carbons (Fsp3) is 0.208. The quantitative estimate of drug-likeness (QED) is 0.139. The van der Waals surface area contributed by atoms with Crippen molar-refractivity contribution in [2.45, 2.75) is 69.6 Å². The van der Waals surface area contributed by atoms with Crippen LogP contribution in [0.15, 0.2) is 182 Å². The SMILES string of the molecule is CCC1(CC)c2ccccc2-c2c(N(c3ccccc3)c3ccc(C4(c5ccc(N(c6ccccc6)c6ccccc6)cc5)CCCCC4)cc3)cccc21. The number of anilines is 6. The van der Waals surface area contributed by atoms with Gasteiger partial charge in [-0.15, -0.1) is 0 Å². The summed E-state index contributed by atoms with van der Waals surface area (Å²) < 4.78 is 0. The molecular formula is C53H50N2. The van der Waals surface area contributed by atoms with Gasteiger partial charge in [0.15, 0.2) is 0 Å². The number of rotatable bonds is 10. The predicted octanol–water partition coefficient (Wildman–Crippen LogP) is 15.0. The van der Waals surface area contributed by atoms with Crippen molar-refractivity contribution in [1.29, 1.82) is 0 Å². The smallest absolute Gasteiger partial charge is 0.0543 e. The maximum Gasteiger partial charge on any atom is 0.0543 e. The molecule has 0 spiro atoms. The van der Waals surface area contributed by atoms with Crippen molar-refractivity contribution in [3.05, 3.63) is 204 Å². The van der Waals surface area contributed by atoms with Crippen molar-refractivity contribution in [3.63, 3.8) is 0 Å². The summed E-state index contributed by atoms with van der Waals surface area (Å²) in [7, 11) is 0. The molecule has 2 heteroatoms. The Kier molecular flexibility index (Phi) is 9.36. The van der Waals surface area contributed by atoms with E-state index in [9.17, 15) is 0 Å². The molecule has 9 rings (SSSR count). The fourth-order valence-electron chi connectivity index (χ4n) is 10.0. The van der Waals surface area contributed by atoms with Crippen molar-refractivity contribution in [2.75, 3.05) is 9.80 Å². The zero-order valence-electron chi connectivity index (χ0n) is 32.2. The highest BCUT2D eigenvalue weighted by Crippen LogP contribution is 2.57. The van der Waals surface area contributed by atoms with Crippen LogP contribution in [0.1, 0.15) is 81.0 Å². The highest BCUT2D eigenvalue weighted by atomic mass is 15.1. The van der Waals surface area contributed by atoms with Crippen molar-refractivity contribution in [2.24, 2.45) is 0 Å². The van der Waals surface area contributed by atoms with Crippen LogP contribution in [0, 0.1) is 0 Å². The van der Waals surface area contributed by atoms with Crippen LogP contribution < -0.4 is 9.80 Å². The standard InChI is InChI=1S/C53H50N2/c1-3-52(4-2)48-27-16-15-26-47(48)51-49(52)28-19-29-50(51)55(44-24-13-7-14-25-44)46-36-32-41(33-37-46)53(38-17-8-18-39-53)40-30-34-45(35-31-40)54(42-20-9-5-10-21-42)43-22-11-6-12-23-43/h5-7,9-16,19-37H,3-4,8,17-18,38-39H2,1-2H3. The third-order valence-corrected chi connectivity index (χ3v) is 12.8. The maximum atomic E-state index is 2.49. The first kappa shape index (κ1) is 34.9. The Balaban J connectivity index is 1.12. The molecule has 2 aliphatic carbocycles. The second kappa shape index (κ2) is 14.8. The number of hydrogen-bond acceptors (Lipinski definition) is 2. The van der Waals surface area contributed by atoms with E-state index in [0.717, 1.165) is 37.1 Å². The summed E-state index contributed by atoms with van der Waals surface area (Å²) in [5.74, 6) is 0. The molecule has 0 unspecified atom stereocenters. The predicted molar refractivity (Wildman–Crippen MR) is 233 cm³/mol. The van der Waals surface area contributed by atoms with E-state index in [1.165, 1.54) is 75.4 Å². The van der Waals surface area contributed by atoms with E-state index < -0.39 is 0 Å². The van der Waals surface area contributed by atoms with E-state index in [4.69, 9.17) is 0 Å². The molecule has 0 amide bonds. The van der Waals surface area contributed by atoms with Crippen molar-refractivity contribution < 1.29 is 0 Å². The average Bonchev–Trinajstić information content (AvgIpc) is 3.56. The summed E-state index contributed by atoms with van der Waals surface area (Å²) in [6, 6.07) is 67.6. The lowest BCUT2D eigenvalue weighted by atomic mass is 9.65. The van der Waals surface area contributed by atoms with Gasteiger partial charge in [-0.3, -0.25) is 0 Å². The molecule has 7 aromatic carbocycles. The Hall–Kier alpha value is -5.86. The Morgan fingerprint density at radius 2 is 0.836 bits per heavy atom. The van der Waals surface area contributed by atoms with Gasteiger partial charge in [0.05, 0.1) is 5.69 Å². The van der Waals surface area contributed by atoms with E-state index in [1.54, 1.807) is 0 Å². The minimum atomic E-state index is -0.0218. The van der Waals surface area contributed by atoms with Gasteiger partial charge in [-0.05, 0) is 120 Å². The normalized spacial score (nSPS) is 15.2. The lowest BCUT2D eigenvalue weighted by Gasteiger charge is -2.39. The molecule has 2 nitrogen and oxygen atoms in total. The number of para-hydroxylation sites is 3. The number of nitrogens with zero attached hydrogens (tertiary/aromatic N) is 2. The van der Waals surface area contributed by atoms with Crippen LogP contribution in [0.25, 0.3) is 11.1 Å². The summed E-state index contributed by atoms with van der Waals surface area (Å²) in [6.45, 7) is 4.71. The van der Waals surface area contributed by atoms with Crippen molar-refractivity contribution in [3.8, 4) is 11.1 Å². The number of hydrogen-bond donors (Lipinski definition) is 0. The topological polar surface area (TPSA) is 6.48 Å². The van der Waals surface area contributed by atoms with Crippen molar-refractivity contribution in [1.82, 2.24) is 0 Å². The second-order valence-electron chi connectivity index (χ2n) is 15.4. The molecule has 0 heterocycles. The number of benzene rings is 7. The van der Waals surface area contributed by atoms with E-state index in [-0.39, 0.29) is 10.8 Å². The highest BCUT2D eigenvalue weighted by molar-refractivity contribution is 5.95. The van der Waals surface area contributed by atoms with E-state index in [1.807, 2.05) is 0 Å². The molecule has 1 fully saturated rings. The van der Waals surface area contributed by atoms with Crippen LogP contribution in [0.5, 0.6) is 0 Å². The van der Waals surface area contributed by atoms with E-state index in [0.29, 0.717) is 0 Å². The third-order valence-electron chi connectivity index (χ3n) is 12.8. The van der Waals surface area contributed by atoms with Crippen LogP contribution in [-0.2, 0) is 10.8 Å². The molecule has 272 valence electrons. The third kappa shape index (κ3) is 5.96. The second-order valence-corrected chi connectivity index (χ2v) is 15.4. The van der Waals surface area contributed by atoms with Crippen LogP contribution in [0.4, 0.5) is 34.1 Å². The van der Waals surface area contributed by atoms with Gasteiger partial charge in [0.1, 0.15) is 0 Å². The number of fused-ring (bicyclic) bond motifs is 3. The van der Waals surface area contributed by atoms with E-state index >= 15 is 0 Å². The maximum absolute atomic E-state index is 2.49. The Morgan fingerprint density at radius 3 is 1.36 bits per heavy atom. The molecule has 1 saturated carbocycles. The Bertz CT molecular complexity index is 2310. The van der Waals surface area contributed by atoms with Gasteiger partial charge < -0.3 is 9.80 Å². The summed E-state index contributed by atoms with van der Waals surface area (Å²) in [4.78, 5) is 4.85. The summed E-state index contributed by atoms with van der Waals surface area (Å²) in [5, 5.41) is 0. The van der Waals surface area contributed by atoms with Gasteiger partial charge in [0.25, 0.3) is 0 Å². The summed E-state index contributed by atoms with van der Waals surface area (Å²) in [5.41, 5.74) is 15.6. The lowest BCUT2D eigenvalue weighted by Crippen LogP contribution is -2.30. The van der Waals surface area contributed by atoms with Gasteiger partial charge in [0.2, 0.25) is 0 Å². The van der Waals surface area contributed by atoms with Gasteiger partial charge in [-0.1, -0.05) is 148 Å². The van der Waals surface area contributed by atoms with Crippen LogP contribution >= 0.6 is 0 Å². The average molecular weight is 715 g/mol. The van der Waals surface area contributed by atoms with Gasteiger partial charge >= 0.3 is 0 Å². The molecule has 0 aliphatic heterocycles. The summed E-state index contributed by atoms with van der Waals surface area (Å²) >= 11 is 0. The molecule has 7 aromatic rings. The molecule has 0 N–H and O–H groups in total. The van der Waals surface area contributed by atoms with Gasteiger partial charge in [-0.2, -0.15) is 0 Å². The fourth-order valence-corrected chi connectivity index (χ4v) is 10.0. The molecule has 2 aliphatic rings. The van der Waals surface area contributed by atoms with Crippen LogP contribution in [0.3, 0.4) is 0 Å². The van der Waals surface area contributed by atoms with Gasteiger partial charge in [-0.25, -0.2) is 0 Å². The van der Waals surface area contributed by atoms with Crippen LogP contribution in [0.2, 0.25) is 0 Å². The Labute approximate surface area is 327 Å². The van der Waals surface area contributed by atoms with E-state index in [2.05, 4.69) is 206 Å². The zero-order valence-corrected chi connectivity index (χ0v) is 32.2. The molecule has 55 heavy (non-hydrogen) atoms. The summed E-state index contributed by atoms with van der Waals surface area (Å²) in [6.07, 6.45) is 8.26. The molecule has 0 saturated heterocycles. The largest absolute Gasteiger partial charge is 0.311 e. The Morgan fingerprint density at radius 1 is 0.400 bits per heavy atom. The lowest BCUT2D eigenvalue weighted by molar-refractivity contribution is 0.346. The molecular weight excluding hydrogens is 665 g/mol. The highest BCUT2D eigenvalue weighted by Gasteiger charge is 2.42. The minimum Gasteiger partial charge on any atom is -0.311 e. The first-order valence-electron chi connectivity index (χ1n) is 20.4. The first-order chi connectivity index (χ1) is 27.2. The molecule has 0 aromatic heterocycles. The molecule has 0 radical (unpaired) electrons. The van der Waals surface area contributed by atoms with Gasteiger partial charge in [0, 0.05) is 44.8 Å². The first-order valence-corrected chi connectivity index (χ1v) is 20.4.